The van der Waals surface area contributed by atoms with Crippen LogP contribution in [0.2, 0.25) is 0 Å². The Labute approximate surface area is 184 Å². The van der Waals surface area contributed by atoms with Gasteiger partial charge in [0.2, 0.25) is 5.91 Å². The highest BCUT2D eigenvalue weighted by Crippen LogP contribution is 2.29. The predicted octanol–water partition coefficient (Wildman–Crippen LogP) is 4.10. The minimum Gasteiger partial charge on any atom is -0.455 e. The summed E-state index contributed by atoms with van der Waals surface area (Å²) in [4.78, 5) is 38.8. The molecule has 7 heteroatoms. The van der Waals surface area contributed by atoms with Gasteiger partial charge in [0.15, 0.2) is 6.61 Å². The lowest BCUT2D eigenvalue weighted by molar-refractivity contribution is -0.151. The van der Waals surface area contributed by atoms with E-state index in [2.05, 4.69) is 21.2 Å². The third-order valence-corrected chi connectivity index (χ3v) is 5.80. The number of rotatable bonds is 7. The number of hydrogen-bond donors (Lipinski definition) is 1. The molecule has 0 aromatic heterocycles. The Kier molecular flexibility index (Phi) is 7.26. The number of hydrogen-bond acceptors (Lipinski definition) is 4. The monoisotopic (exact) mass is 472 g/mol. The molecule has 158 valence electrons. The number of ether oxygens (including phenoxy) is 1. The van der Waals surface area contributed by atoms with E-state index < -0.39 is 17.8 Å². The minimum atomic E-state index is -0.560. The van der Waals surface area contributed by atoms with Crippen molar-refractivity contribution in [3.05, 3.63) is 64.1 Å². The summed E-state index contributed by atoms with van der Waals surface area (Å²) in [6.07, 6.45) is 0.860. The molecule has 6 nitrogen and oxygen atoms in total. The third-order valence-electron chi connectivity index (χ3n) is 5.31. The summed E-state index contributed by atoms with van der Waals surface area (Å²) < 4.78 is 6.13. The first kappa shape index (κ1) is 22.0. The molecule has 3 rings (SSSR count). The van der Waals surface area contributed by atoms with Crippen molar-refractivity contribution in [2.75, 3.05) is 18.5 Å². The summed E-state index contributed by atoms with van der Waals surface area (Å²) in [5, 5.41) is 2.78. The van der Waals surface area contributed by atoms with Crippen LogP contribution in [-0.4, -0.2) is 35.8 Å². The lowest BCUT2D eigenvalue weighted by Crippen LogP contribution is -2.30. The van der Waals surface area contributed by atoms with Gasteiger partial charge in [-0.05, 0) is 42.7 Å². The lowest BCUT2D eigenvalue weighted by atomic mass is 10.1. The van der Waals surface area contributed by atoms with Crippen LogP contribution in [0.1, 0.15) is 37.4 Å². The molecule has 0 radical (unpaired) electrons. The number of halogens is 1. The van der Waals surface area contributed by atoms with Crippen molar-refractivity contribution in [3.8, 4) is 0 Å². The summed E-state index contributed by atoms with van der Waals surface area (Å²) in [6, 6.07) is 15.2. The van der Waals surface area contributed by atoms with E-state index in [-0.39, 0.29) is 25.0 Å². The van der Waals surface area contributed by atoms with Gasteiger partial charge in [0.05, 0.1) is 12.0 Å². The molecule has 1 saturated heterocycles. The highest BCUT2D eigenvalue weighted by atomic mass is 79.9. The zero-order chi connectivity index (χ0) is 21.7. The van der Waals surface area contributed by atoms with E-state index in [1.165, 1.54) is 0 Å². The fourth-order valence-corrected chi connectivity index (χ4v) is 4.00. The summed E-state index contributed by atoms with van der Waals surface area (Å²) in [5.74, 6) is -1.57. The molecular formula is C23H25BrN2O4. The Balaban J connectivity index is 1.53. The normalized spacial score (nSPS) is 17.0. The van der Waals surface area contributed by atoms with Crippen LogP contribution in [0.4, 0.5) is 5.69 Å². The smallest absolute Gasteiger partial charge is 0.311 e. The van der Waals surface area contributed by atoms with E-state index >= 15 is 0 Å². The second kappa shape index (κ2) is 9.89. The zero-order valence-electron chi connectivity index (χ0n) is 17.1. The van der Waals surface area contributed by atoms with E-state index in [9.17, 15) is 14.4 Å². The molecule has 0 spiro atoms. The van der Waals surface area contributed by atoms with Crippen LogP contribution in [0.5, 0.6) is 0 Å². The van der Waals surface area contributed by atoms with E-state index in [1.807, 2.05) is 56.3 Å². The van der Waals surface area contributed by atoms with E-state index in [0.29, 0.717) is 12.2 Å². The molecule has 2 amide bonds. The first-order valence-corrected chi connectivity index (χ1v) is 10.8. The lowest BCUT2D eigenvalue weighted by Gasteiger charge is -2.25. The number of anilines is 1. The van der Waals surface area contributed by atoms with Crippen LogP contribution in [0.15, 0.2) is 53.0 Å². The average molecular weight is 473 g/mol. The number of likely N-dealkylation sites (tertiary alicyclic amines) is 1. The standard InChI is InChI=1S/C23H25BrN2O4/c1-3-16-11-19(24)9-10-20(16)25-21(27)14-30-23(29)18-12-22(28)26(13-18)15(2)17-7-5-4-6-8-17/h4-11,15,18H,3,12-14H2,1-2H3,(H,25,27)/t15-,18+/m1/s1. The fraction of sp³-hybridized carbons (Fsp3) is 0.348. The Morgan fingerprint density at radius 3 is 2.67 bits per heavy atom. The van der Waals surface area contributed by atoms with Crippen molar-refractivity contribution < 1.29 is 19.1 Å². The number of amides is 2. The van der Waals surface area contributed by atoms with Crippen molar-refractivity contribution >= 4 is 39.4 Å². The van der Waals surface area contributed by atoms with Gasteiger partial charge >= 0.3 is 5.97 Å². The van der Waals surface area contributed by atoms with Crippen LogP contribution in [0.3, 0.4) is 0 Å². The number of esters is 1. The Morgan fingerprint density at radius 1 is 1.23 bits per heavy atom. The van der Waals surface area contributed by atoms with Gasteiger partial charge in [0.25, 0.3) is 5.91 Å². The van der Waals surface area contributed by atoms with Crippen LogP contribution < -0.4 is 5.32 Å². The van der Waals surface area contributed by atoms with Gasteiger partial charge in [-0.1, -0.05) is 53.2 Å². The minimum absolute atomic E-state index is 0.0831. The number of carbonyl (C=O) groups is 3. The van der Waals surface area contributed by atoms with E-state index in [0.717, 1.165) is 22.0 Å². The maximum Gasteiger partial charge on any atom is 0.311 e. The molecule has 1 heterocycles. The van der Waals surface area contributed by atoms with Crippen LogP contribution in [-0.2, 0) is 25.5 Å². The van der Waals surface area contributed by atoms with E-state index in [1.54, 1.807) is 11.0 Å². The molecule has 1 fully saturated rings. The molecule has 1 N–H and O–H groups in total. The van der Waals surface area contributed by atoms with Crippen molar-refractivity contribution in [1.82, 2.24) is 4.90 Å². The van der Waals surface area contributed by atoms with Gasteiger partial charge in [-0.2, -0.15) is 0 Å². The number of nitrogens with zero attached hydrogens (tertiary/aromatic N) is 1. The second-order valence-corrected chi connectivity index (χ2v) is 8.26. The summed E-state index contributed by atoms with van der Waals surface area (Å²) in [6.45, 7) is 3.85. The highest BCUT2D eigenvalue weighted by molar-refractivity contribution is 9.10. The molecule has 1 aliphatic rings. The number of benzene rings is 2. The molecule has 2 aromatic rings. The van der Waals surface area contributed by atoms with Gasteiger partial charge in [-0.15, -0.1) is 0 Å². The Hall–Kier alpha value is -2.67. The maximum absolute atomic E-state index is 12.4. The van der Waals surface area contributed by atoms with Crippen molar-refractivity contribution in [2.24, 2.45) is 5.92 Å². The quantitative estimate of drug-likeness (QED) is 0.615. The topological polar surface area (TPSA) is 75.7 Å². The van der Waals surface area contributed by atoms with Gasteiger partial charge in [0, 0.05) is 23.1 Å². The molecule has 1 aliphatic heterocycles. The van der Waals surface area contributed by atoms with Gasteiger partial charge < -0.3 is 15.0 Å². The number of nitrogens with one attached hydrogen (secondary N) is 1. The van der Waals surface area contributed by atoms with Crippen molar-refractivity contribution in [3.63, 3.8) is 0 Å². The Bertz CT molecular complexity index is 932. The molecule has 2 atom stereocenters. The highest BCUT2D eigenvalue weighted by Gasteiger charge is 2.38. The van der Waals surface area contributed by atoms with Gasteiger partial charge in [-0.25, -0.2) is 0 Å². The summed E-state index contributed by atoms with van der Waals surface area (Å²) in [5.41, 5.74) is 2.69. The molecular weight excluding hydrogens is 448 g/mol. The predicted molar refractivity (Wildman–Crippen MR) is 118 cm³/mol. The molecule has 30 heavy (non-hydrogen) atoms. The first-order valence-electron chi connectivity index (χ1n) is 9.98. The van der Waals surface area contributed by atoms with Gasteiger partial charge in [-0.3, -0.25) is 14.4 Å². The third kappa shape index (κ3) is 5.27. The van der Waals surface area contributed by atoms with E-state index in [4.69, 9.17) is 4.74 Å². The number of aryl methyl sites for hydroxylation is 1. The zero-order valence-corrected chi connectivity index (χ0v) is 18.6. The van der Waals surface area contributed by atoms with Crippen LogP contribution in [0, 0.1) is 5.92 Å². The summed E-state index contributed by atoms with van der Waals surface area (Å²) in [7, 11) is 0. The molecule has 2 aromatic carbocycles. The first-order chi connectivity index (χ1) is 14.4. The average Bonchev–Trinajstić information content (AvgIpc) is 3.15. The fourth-order valence-electron chi connectivity index (χ4n) is 3.59. The van der Waals surface area contributed by atoms with Crippen molar-refractivity contribution in [2.45, 2.75) is 32.7 Å². The molecule has 0 unspecified atom stereocenters. The van der Waals surface area contributed by atoms with Crippen LogP contribution >= 0.6 is 15.9 Å². The van der Waals surface area contributed by atoms with Crippen molar-refractivity contribution in [1.29, 1.82) is 0 Å². The van der Waals surface area contributed by atoms with Crippen LogP contribution in [0.25, 0.3) is 0 Å². The SMILES string of the molecule is CCc1cc(Br)ccc1NC(=O)COC(=O)[C@H]1CC(=O)N([C@H](C)c2ccccc2)C1. The molecule has 0 saturated carbocycles. The second-order valence-electron chi connectivity index (χ2n) is 7.34. The molecule has 0 aliphatic carbocycles. The maximum atomic E-state index is 12.4. The Morgan fingerprint density at radius 2 is 1.97 bits per heavy atom. The number of carbonyl (C=O) groups excluding carboxylic acids is 3. The molecule has 0 bridgehead atoms. The largest absolute Gasteiger partial charge is 0.455 e. The summed E-state index contributed by atoms with van der Waals surface area (Å²) >= 11 is 3.41. The van der Waals surface area contributed by atoms with Gasteiger partial charge in [0.1, 0.15) is 0 Å².